The van der Waals surface area contributed by atoms with Gasteiger partial charge in [0.05, 0.1) is 12.5 Å². The van der Waals surface area contributed by atoms with Crippen LogP contribution in [0.1, 0.15) is 25.3 Å². The number of hydrogen-bond acceptors (Lipinski definition) is 3. The van der Waals surface area contributed by atoms with E-state index in [4.69, 9.17) is 0 Å². The van der Waals surface area contributed by atoms with Gasteiger partial charge in [-0.2, -0.15) is 0 Å². The third kappa shape index (κ3) is 3.55. The predicted molar refractivity (Wildman–Crippen MR) is 70.6 cm³/mol. The van der Waals surface area contributed by atoms with Crippen molar-refractivity contribution in [2.75, 3.05) is 20.2 Å². The summed E-state index contributed by atoms with van der Waals surface area (Å²) in [5.74, 6) is -1.43. The van der Waals surface area contributed by atoms with Crippen molar-refractivity contribution in [3.63, 3.8) is 0 Å². The fourth-order valence-electron chi connectivity index (χ4n) is 1.65. The second-order valence-corrected chi connectivity index (χ2v) is 5.15. The third-order valence-electron chi connectivity index (χ3n) is 3.38. The molecule has 0 aliphatic rings. The fourth-order valence-corrected chi connectivity index (χ4v) is 1.65. The SMILES string of the molecule is CN(CC(C(=O)O)c1ccccc1)C(C)(C)CO. The summed E-state index contributed by atoms with van der Waals surface area (Å²) in [6.07, 6.45) is 0. The van der Waals surface area contributed by atoms with Crippen molar-refractivity contribution < 1.29 is 15.0 Å². The highest BCUT2D eigenvalue weighted by Gasteiger charge is 2.28. The Kier molecular flexibility index (Phi) is 4.87. The lowest BCUT2D eigenvalue weighted by Crippen LogP contribution is -2.46. The molecule has 1 aromatic carbocycles. The number of hydrogen-bond donors (Lipinski definition) is 2. The molecule has 0 fully saturated rings. The molecule has 0 aliphatic carbocycles. The van der Waals surface area contributed by atoms with Crippen LogP contribution < -0.4 is 0 Å². The van der Waals surface area contributed by atoms with Gasteiger partial charge < -0.3 is 10.2 Å². The van der Waals surface area contributed by atoms with Gasteiger partial charge in [0.15, 0.2) is 0 Å². The van der Waals surface area contributed by atoms with Gasteiger partial charge in [-0.3, -0.25) is 9.69 Å². The standard InChI is InChI=1S/C14H21NO3/c1-14(2,10-16)15(3)9-12(13(17)18)11-7-5-4-6-8-11/h4-8,12,16H,9-10H2,1-3H3,(H,17,18). The van der Waals surface area contributed by atoms with Crippen LogP contribution in [-0.4, -0.2) is 46.8 Å². The van der Waals surface area contributed by atoms with E-state index in [9.17, 15) is 15.0 Å². The van der Waals surface area contributed by atoms with Crippen LogP contribution in [0.5, 0.6) is 0 Å². The fraction of sp³-hybridized carbons (Fsp3) is 0.500. The number of nitrogens with zero attached hydrogens (tertiary/aromatic N) is 1. The summed E-state index contributed by atoms with van der Waals surface area (Å²) >= 11 is 0. The lowest BCUT2D eigenvalue weighted by molar-refractivity contribution is -0.139. The molecule has 0 aliphatic heterocycles. The molecule has 0 heterocycles. The summed E-state index contributed by atoms with van der Waals surface area (Å²) in [7, 11) is 1.83. The van der Waals surface area contributed by atoms with E-state index in [-0.39, 0.29) is 6.61 Å². The summed E-state index contributed by atoms with van der Waals surface area (Å²) < 4.78 is 0. The number of aliphatic carboxylic acids is 1. The second-order valence-electron chi connectivity index (χ2n) is 5.15. The first-order chi connectivity index (χ1) is 8.38. The first-order valence-corrected chi connectivity index (χ1v) is 5.98. The molecule has 4 heteroatoms. The first kappa shape index (κ1) is 14.7. The van der Waals surface area contributed by atoms with Gasteiger partial charge in [0.2, 0.25) is 0 Å². The molecular formula is C14H21NO3. The van der Waals surface area contributed by atoms with E-state index in [1.54, 1.807) is 0 Å². The number of benzene rings is 1. The molecule has 0 aromatic heterocycles. The average molecular weight is 251 g/mol. The number of carbonyl (C=O) groups is 1. The second kappa shape index (κ2) is 5.98. The molecular weight excluding hydrogens is 230 g/mol. The zero-order chi connectivity index (χ0) is 13.8. The van der Waals surface area contributed by atoms with Crippen LogP contribution >= 0.6 is 0 Å². The average Bonchev–Trinajstić information content (AvgIpc) is 2.36. The highest BCUT2D eigenvalue weighted by Crippen LogP contribution is 2.21. The normalized spacial score (nSPS) is 13.6. The van der Waals surface area contributed by atoms with Gasteiger partial charge in [-0.05, 0) is 26.5 Å². The van der Waals surface area contributed by atoms with E-state index in [1.807, 2.05) is 56.1 Å². The Hall–Kier alpha value is -1.39. The minimum Gasteiger partial charge on any atom is -0.481 e. The van der Waals surface area contributed by atoms with E-state index in [0.717, 1.165) is 5.56 Å². The molecule has 0 spiro atoms. The molecule has 1 atom stereocenters. The van der Waals surface area contributed by atoms with E-state index >= 15 is 0 Å². The van der Waals surface area contributed by atoms with E-state index in [0.29, 0.717) is 6.54 Å². The molecule has 0 radical (unpaired) electrons. The zero-order valence-electron chi connectivity index (χ0n) is 11.1. The molecule has 4 nitrogen and oxygen atoms in total. The van der Waals surface area contributed by atoms with Gasteiger partial charge in [0.1, 0.15) is 0 Å². The highest BCUT2D eigenvalue weighted by molar-refractivity contribution is 5.76. The van der Waals surface area contributed by atoms with Gasteiger partial charge in [-0.1, -0.05) is 30.3 Å². The van der Waals surface area contributed by atoms with Crippen LogP contribution in [0.25, 0.3) is 0 Å². The van der Waals surface area contributed by atoms with Crippen LogP contribution in [0.4, 0.5) is 0 Å². The molecule has 1 aromatic rings. The zero-order valence-corrected chi connectivity index (χ0v) is 11.1. The molecule has 1 unspecified atom stereocenters. The Morgan fingerprint density at radius 2 is 1.89 bits per heavy atom. The minimum absolute atomic E-state index is 0.00930. The van der Waals surface area contributed by atoms with Crippen LogP contribution in [0, 0.1) is 0 Å². The molecule has 18 heavy (non-hydrogen) atoms. The van der Waals surface area contributed by atoms with Gasteiger partial charge in [0, 0.05) is 12.1 Å². The Morgan fingerprint density at radius 1 is 1.33 bits per heavy atom. The smallest absolute Gasteiger partial charge is 0.312 e. The van der Waals surface area contributed by atoms with Gasteiger partial charge in [-0.15, -0.1) is 0 Å². The summed E-state index contributed by atoms with van der Waals surface area (Å²) in [6, 6.07) is 9.17. The number of aliphatic hydroxyl groups is 1. The Labute approximate surface area is 108 Å². The van der Waals surface area contributed by atoms with Crippen molar-refractivity contribution >= 4 is 5.97 Å². The lowest BCUT2D eigenvalue weighted by Gasteiger charge is -2.35. The molecule has 1 rings (SSSR count). The molecule has 0 saturated carbocycles. The van der Waals surface area contributed by atoms with Crippen molar-refractivity contribution in [3.05, 3.63) is 35.9 Å². The number of rotatable bonds is 6. The van der Waals surface area contributed by atoms with Crippen LogP contribution in [-0.2, 0) is 4.79 Å². The first-order valence-electron chi connectivity index (χ1n) is 5.98. The topological polar surface area (TPSA) is 60.8 Å². The van der Waals surface area contributed by atoms with Crippen LogP contribution in [0.15, 0.2) is 30.3 Å². The van der Waals surface area contributed by atoms with Gasteiger partial charge >= 0.3 is 5.97 Å². The lowest BCUT2D eigenvalue weighted by atomic mass is 9.96. The number of likely N-dealkylation sites (N-methyl/N-ethyl adjacent to an activating group) is 1. The molecule has 0 amide bonds. The highest BCUT2D eigenvalue weighted by atomic mass is 16.4. The minimum atomic E-state index is -0.846. The van der Waals surface area contributed by atoms with E-state index in [2.05, 4.69) is 0 Å². The summed E-state index contributed by atoms with van der Waals surface area (Å²) in [6.45, 7) is 4.13. The number of carboxylic acid groups (broad SMARTS) is 1. The monoisotopic (exact) mass is 251 g/mol. The van der Waals surface area contributed by atoms with Crippen molar-refractivity contribution in [3.8, 4) is 0 Å². The molecule has 100 valence electrons. The van der Waals surface area contributed by atoms with Crippen LogP contribution in [0.2, 0.25) is 0 Å². The van der Waals surface area contributed by atoms with Crippen LogP contribution in [0.3, 0.4) is 0 Å². The number of aliphatic hydroxyl groups excluding tert-OH is 1. The third-order valence-corrected chi connectivity index (χ3v) is 3.38. The maximum atomic E-state index is 11.4. The summed E-state index contributed by atoms with van der Waals surface area (Å²) in [5.41, 5.74) is 0.355. The van der Waals surface area contributed by atoms with E-state index in [1.165, 1.54) is 0 Å². The largest absolute Gasteiger partial charge is 0.481 e. The van der Waals surface area contributed by atoms with Crippen molar-refractivity contribution in [1.82, 2.24) is 4.90 Å². The Bertz CT molecular complexity index is 389. The number of carboxylic acids is 1. The summed E-state index contributed by atoms with van der Waals surface area (Å²) in [4.78, 5) is 13.2. The molecule has 0 bridgehead atoms. The van der Waals surface area contributed by atoms with Crippen molar-refractivity contribution in [2.24, 2.45) is 0 Å². The Balaban J connectivity index is 2.86. The Morgan fingerprint density at radius 3 is 2.33 bits per heavy atom. The maximum absolute atomic E-state index is 11.4. The predicted octanol–water partition coefficient (Wildman–Crippen LogP) is 1.56. The van der Waals surface area contributed by atoms with E-state index < -0.39 is 17.4 Å². The molecule has 0 saturated heterocycles. The van der Waals surface area contributed by atoms with Crippen molar-refractivity contribution in [2.45, 2.75) is 25.3 Å². The maximum Gasteiger partial charge on any atom is 0.312 e. The quantitative estimate of drug-likeness (QED) is 0.805. The van der Waals surface area contributed by atoms with Crippen molar-refractivity contribution in [1.29, 1.82) is 0 Å². The van der Waals surface area contributed by atoms with Gasteiger partial charge in [0.25, 0.3) is 0 Å². The molecule has 2 N–H and O–H groups in total. The van der Waals surface area contributed by atoms with Gasteiger partial charge in [-0.25, -0.2) is 0 Å². The summed E-state index contributed by atoms with van der Waals surface area (Å²) in [5, 5.41) is 18.6.